The molecular weight excluding hydrogens is 268 g/mol. The third-order valence-corrected chi connectivity index (χ3v) is 3.68. The van der Waals surface area contributed by atoms with Gasteiger partial charge >= 0.3 is 0 Å². The Morgan fingerprint density at radius 2 is 1.86 bits per heavy atom. The van der Waals surface area contributed by atoms with Crippen LogP contribution < -0.4 is 11.1 Å². The molecule has 4 N–H and O–H groups in total. The van der Waals surface area contributed by atoms with Crippen LogP contribution in [0.3, 0.4) is 0 Å². The zero-order valence-electron chi connectivity index (χ0n) is 11.8. The first-order valence-electron chi connectivity index (χ1n) is 7.13. The highest BCUT2D eigenvalue weighted by Crippen LogP contribution is 2.18. The van der Waals surface area contributed by atoms with Gasteiger partial charge in [-0.1, -0.05) is 25.0 Å². The van der Waals surface area contributed by atoms with Gasteiger partial charge in [-0.2, -0.15) is 0 Å². The molecule has 5 heteroatoms. The zero-order chi connectivity index (χ0) is 15.2. The molecule has 2 atom stereocenters. The van der Waals surface area contributed by atoms with E-state index in [0.29, 0.717) is 5.56 Å². The van der Waals surface area contributed by atoms with Gasteiger partial charge in [0.15, 0.2) is 0 Å². The van der Waals surface area contributed by atoms with Crippen LogP contribution in [0.5, 0.6) is 0 Å². The summed E-state index contributed by atoms with van der Waals surface area (Å²) in [4.78, 5) is 22.8. The van der Waals surface area contributed by atoms with E-state index in [1.54, 1.807) is 30.3 Å². The number of hydrogen-bond acceptors (Lipinski definition) is 3. The predicted octanol–water partition coefficient (Wildman–Crippen LogP) is 1.22. The number of aliphatic hydroxyl groups is 1. The van der Waals surface area contributed by atoms with Crippen molar-refractivity contribution in [1.82, 2.24) is 5.32 Å². The molecule has 0 saturated heterocycles. The molecule has 0 bridgehead atoms. The summed E-state index contributed by atoms with van der Waals surface area (Å²) in [5.74, 6) is -0.700. The van der Waals surface area contributed by atoms with Crippen LogP contribution in [-0.2, 0) is 4.79 Å². The van der Waals surface area contributed by atoms with Gasteiger partial charge in [-0.15, -0.1) is 0 Å². The largest absolute Gasteiger partial charge is 0.391 e. The fourth-order valence-corrected chi connectivity index (χ4v) is 2.44. The third-order valence-electron chi connectivity index (χ3n) is 3.68. The van der Waals surface area contributed by atoms with Crippen LogP contribution in [0.4, 0.5) is 0 Å². The van der Waals surface area contributed by atoms with Gasteiger partial charge in [-0.05, 0) is 36.6 Å². The molecule has 2 amide bonds. The fraction of sp³-hybridized carbons (Fsp3) is 0.375. The average Bonchev–Trinajstić information content (AvgIpc) is 2.48. The van der Waals surface area contributed by atoms with Gasteiger partial charge in [0.25, 0.3) is 0 Å². The van der Waals surface area contributed by atoms with Gasteiger partial charge in [0.1, 0.15) is 0 Å². The van der Waals surface area contributed by atoms with Crippen molar-refractivity contribution in [3.8, 4) is 0 Å². The van der Waals surface area contributed by atoms with Crippen LogP contribution in [0, 0.1) is 0 Å². The quantitative estimate of drug-likeness (QED) is 0.727. The molecule has 5 nitrogen and oxygen atoms in total. The van der Waals surface area contributed by atoms with Crippen LogP contribution in [0.2, 0.25) is 0 Å². The van der Waals surface area contributed by atoms with E-state index in [9.17, 15) is 14.7 Å². The second kappa shape index (κ2) is 7.04. The summed E-state index contributed by atoms with van der Waals surface area (Å²) in [7, 11) is 0. The number of carbonyl (C=O) groups excluding carboxylic acids is 2. The monoisotopic (exact) mass is 288 g/mol. The minimum atomic E-state index is -0.477. The van der Waals surface area contributed by atoms with Gasteiger partial charge in [0, 0.05) is 11.6 Å². The van der Waals surface area contributed by atoms with Gasteiger partial charge in [0.2, 0.25) is 11.8 Å². The Kier molecular flexibility index (Phi) is 5.11. The van der Waals surface area contributed by atoms with Crippen LogP contribution in [-0.4, -0.2) is 29.1 Å². The summed E-state index contributed by atoms with van der Waals surface area (Å²) >= 11 is 0. The van der Waals surface area contributed by atoms with Crippen molar-refractivity contribution >= 4 is 17.9 Å². The van der Waals surface area contributed by atoms with Crippen LogP contribution in [0.15, 0.2) is 30.3 Å². The number of rotatable bonds is 4. The van der Waals surface area contributed by atoms with Crippen LogP contribution >= 0.6 is 0 Å². The summed E-state index contributed by atoms with van der Waals surface area (Å²) < 4.78 is 0. The first-order chi connectivity index (χ1) is 10.1. The van der Waals surface area contributed by atoms with Crippen molar-refractivity contribution in [2.45, 2.75) is 37.8 Å². The Morgan fingerprint density at radius 3 is 2.48 bits per heavy atom. The van der Waals surface area contributed by atoms with E-state index >= 15 is 0 Å². The SMILES string of the molecule is NC(=O)c1ccc(/C=C/C(=O)N[C@H]2CCCC[C@@H]2O)cc1. The molecule has 1 aliphatic carbocycles. The molecule has 2 rings (SSSR count). The molecule has 1 aliphatic rings. The molecule has 0 spiro atoms. The van der Waals surface area contributed by atoms with E-state index in [-0.39, 0.29) is 11.9 Å². The average molecular weight is 288 g/mol. The second-order valence-corrected chi connectivity index (χ2v) is 5.29. The number of benzene rings is 1. The zero-order valence-corrected chi connectivity index (χ0v) is 11.8. The molecule has 1 fully saturated rings. The summed E-state index contributed by atoms with van der Waals surface area (Å²) in [5, 5.41) is 12.6. The number of hydrogen-bond donors (Lipinski definition) is 3. The molecule has 0 aromatic heterocycles. The molecule has 1 saturated carbocycles. The lowest BCUT2D eigenvalue weighted by molar-refractivity contribution is -0.118. The van der Waals surface area contributed by atoms with Crippen LogP contribution in [0.25, 0.3) is 6.08 Å². The summed E-state index contributed by atoms with van der Waals surface area (Å²) in [5.41, 5.74) is 6.40. The van der Waals surface area contributed by atoms with Crippen molar-refractivity contribution in [2.75, 3.05) is 0 Å². The Balaban J connectivity index is 1.90. The Morgan fingerprint density at radius 1 is 1.19 bits per heavy atom. The summed E-state index contributed by atoms with van der Waals surface area (Å²) in [6.07, 6.45) is 6.23. The van der Waals surface area contributed by atoms with Crippen molar-refractivity contribution in [3.63, 3.8) is 0 Å². The van der Waals surface area contributed by atoms with Crippen molar-refractivity contribution < 1.29 is 14.7 Å². The summed E-state index contributed by atoms with van der Waals surface area (Å²) in [6, 6.07) is 6.52. The highest BCUT2D eigenvalue weighted by molar-refractivity contribution is 5.94. The maximum Gasteiger partial charge on any atom is 0.248 e. The smallest absolute Gasteiger partial charge is 0.248 e. The molecule has 1 aromatic rings. The molecular formula is C16H20N2O3. The molecule has 0 aliphatic heterocycles. The Hall–Kier alpha value is -2.14. The number of carbonyl (C=O) groups is 2. The first-order valence-corrected chi connectivity index (χ1v) is 7.13. The van der Waals surface area contributed by atoms with E-state index in [2.05, 4.69) is 5.32 Å². The molecule has 0 unspecified atom stereocenters. The number of nitrogens with one attached hydrogen (secondary N) is 1. The van der Waals surface area contributed by atoms with Crippen molar-refractivity contribution in [1.29, 1.82) is 0 Å². The van der Waals surface area contributed by atoms with E-state index in [0.717, 1.165) is 31.2 Å². The third kappa shape index (κ3) is 4.43. The highest BCUT2D eigenvalue weighted by atomic mass is 16.3. The lowest BCUT2D eigenvalue weighted by Crippen LogP contribution is -2.44. The lowest BCUT2D eigenvalue weighted by atomic mass is 9.92. The topological polar surface area (TPSA) is 92.4 Å². The molecule has 112 valence electrons. The minimum absolute atomic E-state index is 0.159. The van der Waals surface area contributed by atoms with Crippen molar-refractivity contribution in [3.05, 3.63) is 41.5 Å². The second-order valence-electron chi connectivity index (χ2n) is 5.29. The number of amides is 2. The normalized spacial score (nSPS) is 22.1. The molecule has 21 heavy (non-hydrogen) atoms. The maximum atomic E-state index is 11.8. The van der Waals surface area contributed by atoms with Gasteiger partial charge < -0.3 is 16.2 Å². The lowest BCUT2D eigenvalue weighted by Gasteiger charge is -2.27. The van der Waals surface area contributed by atoms with E-state index < -0.39 is 12.0 Å². The Labute approximate surface area is 123 Å². The Bertz CT molecular complexity index is 537. The number of aliphatic hydroxyl groups excluding tert-OH is 1. The van der Waals surface area contributed by atoms with Gasteiger partial charge in [-0.3, -0.25) is 9.59 Å². The van der Waals surface area contributed by atoms with Crippen LogP contribution in [0.1, 0.15) is 41.6 Å². The van der Waals surface area contributed by atoms with Gasteiger partial charge in [0.05, 0.1) is 12.1 Å². The molecule has 0 heterocycles. The predicted molar refractivity (Wildman–Crippen MR) is 80.4 cm³/mol. The van der Waals surface area contributed by atoms with E-state index in [4.69, 9.17) is 5.73 Å². The van der Waals surface area contributed by atoms with E-state index in [1.807, 2.05) is 0 Å². The standard InChI is InChI=1S/C16H20N2O3/c17-16(21)12-8-5-11(6-9-12)7-10-15(20)18-13-3-1-2-4-14(13)19/h5-10,13-14,19H,1-4H2,(H2,17,21)(H,18,20)/b10-7+/t13-,14-/m0/s1. The summed E-state index contributed by atoms with van der Waals surface area (Å²) in [6.45, 7) is 0. The fourth-order valence-electron chi connectivity index (χ4n) is 2.44. The highest BCUT2D eigenvalue weighted by Gasteiger charge is 2.23. The first kappa shape index (κ1) is 15.3. The van der Waals surface area contributed by atoms with Gasteiger partial charge in [-0.25, -0.2) is 0 Å². The van der Waals surface area contributed by atoms with E-state index in [1.165, 1.54) is 6.08 Å². The minimum Gasteiger partial charge on any atom is -0.391 e. The van der Waals surface area contributed by atoms with Crippen molar-refractivity contribution in [2.24, 2.45) is 5.73 Å². The number of nitrogens with two attached hydrogens (primary N) is 1. The number of primary amides is 1. The molecule has 0 radical (unpaired) electrons. The maximum absolute atomic E-state index is 11.8. The molecule has 1 aromatic carbocycles.